The molecule has 5 heteroatoms. The molecule has 1 aliphatic carbocycles. The normalized spacial score (nSPS) is 25.2. The van der Waals surface area contributed by atoms with Gasteiger partial charge in [-0.1, -0.05) is 26.0 Å². The number of alkyl halides is 3. The minimum atomic E-state index is -4.40. The standard InChI is InChI=1S/C14H18F3NO/c1-13(2)10(7-18)11(13)8-5-4-6-9(12(8)19-3)14(15,16)17/h4-6,10-11H,7,18H2,1-3H3/t10-,11-/m1/s1. The summed E-state index contributed by atoms with van der Waals surface area (Å²) in [6.07, 6.45) is -4.40. The maximum absolute atomic E-state index is 13.0. The molecule has 2 atom stereocenters. The average Bonchev–Trinajstić information content (AvgIpc) is 2.88. The Balaban J connectivity index is 2.49. The summed E-state index contributed by atoms with van der Waals surface area (Å²) in [5.41, 5.74) is 5.50. The molecule has 0 aliphatic heterocycles. The molecule has 106 valence electrons. The van der Waals surface area contributed by atoms with Crippen LogP contribution in [0.1, 0.15) is 30.9 Å². The zero-order valence-corrected chi connectivity index (χ0v) is 11.2. The van der Waals surface area contributed by atoms with Crippen LogP contribution in [-0.4, -0.2) is 13.7 Å². The Hall–Kier alpha value is -1.23. The van der Waals surface area contributed by atoms with Crippen LogP contribution in [0.4, 0.5) is 13.2 Å². The highest BCUT2D eigenvalue weighted by atomic mass is 19.4. The molecule has 1 aromatic rings. The highest BCUT2D eigenvalue weighted by Gasteiger charge is 2.58. The molecular weight excluding hydrogens is 255 g/mol. The molecule has 2 N–H and O–H groups in total. The number of hydrogen-bond acceptors (Lipinski definition) is 2. The van der Waals surface area contributed by atoms with Crippen molar-refractivity contribution >= 4 is 0 Å². The second-order valence-corrected chi connectivity index (χ2v) is 5.57. The van der Waals surface area contributed by atoms with Crippen molar-refractivity contribution in [2.24, 2.45) is 17.1 Å². The molecule has 1 aliphatic rings. The highest BCUT2D eigenvalue weighted by molar-refractivity contribution is 5.49. The Labute approximate surface area is 110 Å². The van der Waals surface area contributed by atoms with E-state index in [1.54, 1.807) is 6.07 Å². The summed E-state index contributed by atoms with van der Waals surface area (Å²) in [5, 5.41) is 0. The van der Waals surface area contributed by atoms with Crippen LogP contribution in [0.25, 0.3) is 0 Å². The first-order chi connectivity index (χ1) is 8.75. The summed E-state index contributed by atoms with van der Waals surface area (Å²) in [4.78, 5) is 0. The fourth-order valence-electron chi connectivity index (χ4n) is 3.05. The molecule has 0 amide bonds. The minimum Gasteiger partial charge on any atom is -0.496 e. The van der Waals surface area contributed by atoms with E-state index in [0.717, 1.165) is 6.07 Å². The van der Waals surface area contributed by atoms with Crippen molar-refractivity contribution in [3.63, 3.8) is 0 Å². The number of ether oxygens (including phenoxy) is 1. The van der Waals surface area contributed by atoms with Gasteiger partial charge in [0.05, 0.1) is 12.7 Å². The second-order valence-electron chi connectivity index (χ2n) is 5.57. The molecule has 0 bridgehead atoms. The Morgan fingerprint density at radius 3 is 2.37 bits per heavy atom. The van der Waals surface area contributed by atoms with E-state index in [1.165, 1.54) is 13.2 Å². The van der Waals surface area contributed by atoms with Crippen molar-refractivity contribution in [3.8, 4) is 5.75 Å². The molecule has 0 aromatic heterocycles. The fourth-order valence-corrected chi connectivity index (χ4v) is 3.05. The van der Waals surface area contributed by atoms with E-state index in [0.29, 0.717) is 12.1 Å². The fraction of sp³-hybridized carbons (Fsp3) is 0.571. The smallest absolute Gasteiger partial charge is 0.419 e. The van der Waals surface area contributed by atoms with Crippen LogP contribution in [-0.2, 0) is 6.18 Å². The summed E-state index contributed by atoms with van der Waals surface area (Å²) < 4.78 is 43.9. The van der Waals surface area contributed by atoms with Gasteiger partial charge in [0.1, 0.15) is 5.75 Å². The average molecular weight is 273 g/mol. The second kappa shape index (κ2) is 4.40. The number of halogens is 3. The first kappa shape index (κ1) is 14.2. The third-order valence-corrected chi connectivity index (χ3v) is 4.19. The van der Waals surface area contributed by atoms with E-state index in [2.05, 4.69) is 0 Å². The van der Waals surface area contributed by atoms with Gasteiger partial charge in [-0.05, 0) is 35.4 Å². The van der Waals surface area contributed by atoms with Crippen LogP contribution in [0, 0.1) is 11.3 Å². The minimum absolute atomic E-state index is 0.0229. The Morgan fingerprint density at radius 2 is 1.95 bits per heavy atom. The molecule has 1 saturated carbocycles. The van der Waals surface area contributed by atoms with Crippen molar-refractivity contribution in [2.45, 2.75) is 25.9 Å². The van der Waals surface area contributed by atoms with Gasteiger partial charge in [-0.3, -0.25) is 0 Å². The predicted octanol–water partition coefficient (Wildman–Crippen LogP) is 3.41. The number of hydrogen-bond donors (Lipinski definition) is 1. The summed E-state index contributed by atoms with van der Waals surface area (Å²) in [6.45, 7) is 4.51. The van der Waals surface area contributed by atoms with Crippen molar-refractivity contribution in [3.05, 3.63) is 29.3 Å². The monoisotopic (exact) mass is 273 g/mol. The van der Waals surface area contributed by atoms with Crippen LogP contribution in [0.3, 0.4) is 0 Å². The first-order valence-corrected chi connectivity index (χ1v) is 6.19. The lowest BCUT2D eigenvalue weighted by atomic mass is 9.99. The zero-order valence-electron chi connectivity index (χ0n) is 11.2. The van der Waals surface area contributed by atoms with E-state index < -0.39 is 11.7 Å². The van der Waals surface area contributed by atoms with Gasteiger partial charge >= 0.3 is 6.18 Å². The lowest BCUT2D eigenvalue weighted by molar-refractivity contribution is -0.138. The van der Waals surface area contributed by atoms with Crippen LogP contribution < -0.4 is 10.5 Å². The van der Waals surface area contributed by atoms with E-state index >= 15 is 0 Å². The van der Waals surface area contributed by atoms with Crippen molar-refractivity contribution in [1.82, 2.24) is 0 Å². The number of nitrogens with two attached hydrogens (primary N) is 1. The number of rotatable bonds is 3. The third-order valence-electron chi connectivity index (χ3n) is 4.19. The quantitative estimate of drug-likeness (QED) is 0.916. The van der Waals surface area contributed by atoms with Crippen LogP contribution in [0.15, 0.2) is 18.2 Å². The van der Waals surface area contributed by atoms with Crippen molar-refractivity contribution in [1.29, 1.82) is 0 Å². The molecule has 0 spiro atoms. The van der Waals surface area contributed by atoms with Gasteiger partial charge in [-0.2, -0.15) is 13.2 Å². The van der Waals surface area contributed by atoms with Crippen LogP contribution in [0.2, 0.25) is 0 Å². The summed E-state index contributed by atoms with van der Waals surface area (Å²) >= 11 is 0. The summed E-state index contributed by atoms with van der Waals surface area (Å²) in [6, 6.07) is 4.19. The van der Waals surface area contributed by atoms with E-state index in [9.17, 15) is 13.2 Å². The molecule has 0 saturated heterocycles. The van der Waals surface area contributed by atoms with Gasteiger partial charge in [-0.25, -0.2) is 0 Å². The topological polar surface area (TPSA) is 35.2 Å². The number of para-hydroxylation sites is 1. The SMILES string of the molecule is COc1c([C@@H]2[C@@H](CN)C2(C)C)cccc1C(F)(F)F. The van der Waals surface area contributed by atoms with Crippen LogP contribution in [0.5, 0.6) is 5.75 Å². The molecule has 2 rings (SSSR count). The Kier molecular flexibility index (Phi) is 3.29. The van der Waals surface area contributed by atoms with Gasteiger partial charge in [0.15, 0.2) is 0 Å². The molecular formula is C14H18F3NO. The van der Waals surface area contributed by atoms with Gasteiger partial charge in [0, 0.05) is 0 Å². The molecule has 2 nitrogen and oxygen atoms in total. The van der Waals surface area contributed by atoms with Gasteiger partial charge in [0.25, 0.3) is 0 Å². The van der Waals surface area contributed by atoms with E-state index in [4.69, 9.17) is 10.5 Å². The van der Waals surface area contributed by atoms with Gasteiger partial charge < -0.3 is 10.5 Å². The molecule has 0 unspecified atom stereocenters. The Morgan fingerprint density at radius 1 is 1.32 bits per heavy atom. The molecule has 1 aromatic carbocycles. The maximum Gasteiger partial charge on any atom is 0.419 e. The molecule has 0 heterocycles. The molecule has 1 fully saturated rings. The third kappa shape index (κ3) is 2.20. The summed E-state index contributed by atoms with van der Waals surface area (Å²) in [7, 11) is 1.28. The predicted molar refractivity (Wildman–Crippen MR) is 67.1 cm³/mol. The lowest BCUT2D eigenvalue weighted by Gasteiger charge is -2.16. The number of methoxy groups -OCH3 is 1. The largest absolute Gasteiger partial charge is 0.496 e. The van der Waals surface area contributed by atoms with Crippen LogP contribution >= 0.6 is 0 Å². The zero-order chi connectivity index (χ0) is 14.4. The number of benzene rings is 1. The highest BCUT2D eigenvalue weighted by Crippen LogP contribution is 2.65. The Bertz CT molecular complexity index is 482. The lowest BCUT2D eigenvalue weighted by Crippen LogP contribution is -2.09. The molecule has 19 heavy (non-hydrogen) atoms. The van der Waals surface area contributed by atoms with Gasteiger partial charge in [0.2, 0.25) is 0 Å². The van der Waals surface area contributed by atoms with E-state index in [1.807, 2.05) is 13.8 Å². The summed E-state index contributed by atoms with van der Waals surface area (Å²) in [5.74, 6) is 0.156. The van der Waals surface area contributed by atoms with E-state index in [-0.39, 0.29) is 23.0 Å². The molecule has 0 radical (unpaired) electrons. The van der Waals surface area contributed by atoms with Gasteiger partial charge in [-0.15, -0.1) is 0 Å². The maximum atomic E-state index is 13.0. The first-order valence-electron chi connectivity index (χ1n) is 6.19. The van der Waals surface area contributed by atoms with Crippen molar-refractivity contribution in [2.75, 3.05) is 13.7 Å². The van der Waals surface area contributed by atoms with Crippen molar-refractivity contribution < 1.29 is 17.9 Å².